The van der Waals surface area contributed by atoms with Crippen LogP contribution in [0.4, 0.5) is 4.79 Å². The fourth-order valence-corrected chi connectivity index (χ4v) is 4.40. The molecule has 0 spiro atoms. The average Bonchev–Trinajstić information content (AvgIpc) is 3.09. The van der Waals surface area contributed by atoms with Crippen molar-refractivity contribution in [3.63, 3.8) is 0 Å². The first kappa shape index (κ1) is 17.5. The number of aromatic nitrogens is 3. The van der Waals surface area contributed by atoms with Gasteiger partial charge in [-0.05, 0) is 26.7 Å². The Morgan fingerprint density at radius 3 is 2.67 bits per heavy atom. The first-order valence-electron chi connectivity index (χ1n) is 8.88. The molecule has 0 aromatic carbocycles. The van der Waals surface area contributed by atoms with Gasteiger partial charge in [-0.2, -0.15) is 11.8 Å². The van der Waals surface area contributed by atoms with Crippen molar-refractivity contribution < 1.29 is 4.79 Å². The van der Waals surface area contributed by atoms with Crippen LogP contribution in [0.2, 0.25) is 0 Å². The van der Waals surface area contributed by atoms with Crippen LogP contribution >= 0.6 is 11.8 Å². The second kappa shape index (κ2) is 8.20. The van der Waals surface area contributed by atoms with Gasteiger partial charge in [0.2, 0.25) is 0 Å². The third-order valence-electron chi connectivity index (χ3n) is 4.92. The molecule has 1 aromatic heterocycles. The summed E-state index contributed by atoms with van der Waals surface area (Å²) < 4.78 is 1.99. The number of nitrogens with one attached hydrogen (secondary N) is 1. The van der Waals surface area contributed by atoms with Gasteiger partial charge >= 0.3 is 6.03 Å². The Hall–Kier alpha value is -1.28. The smallest absolute Gasteiger partial charge is 0.317 e. The predicted molar refractivity (Wildman–Crippen MR) is 96.1 cm³/mol. The lowest BCUT2D eigenvalue weighted by Crippen LogP contribution is -2.51. The van der Waals surface area contributed by atoms with E-state index in [1.54, 1.807) is 6.33 Å². The average molecular weight is 353 g/mol. The Morgan fingerprint density at radius 1 is 1.29 bits per heavy atom. The summed E-state index contributed by atoms with van der Waals surface area (Å²) in [4.78, 5) is 16.9. The van der Waals surface area contributed by atoms with Gasteiger partial charge < -0.3 is 14.8 Å². The van der Waals surface area contributed by atoms with Gasteiger partial charge in [-0.3, -0.25) is 4.90 Å². The molecule has 1 aromatic rings. The summed E-state index contributed by atoms with van der Waals surface area (Å²) in [6.45, 7) is 8.68. The van der Waals surface area contributed by atoms with Crippen LogP contribution in [0, 0.1) is 0 Å². The first-order valence-corrected chi connectivity index (χ1v) is 10.0. The topological polar surface area (TPSA) is 66.3 Å². The number of carbonyl (C=O) groups is 1. The van der Waals surface area contributed by atoms with Crippen LogP contribution in [-0.2, 0) is 6.54 Å². The second-order valence-corrected chi connectivity index (χ2v) is 8.00. The van der Waals surface area contributed by atoms with E-state index in [9.17, 15) is 4.79 Å². The lowest BCUT2D eigenvalue weighted by atomic mass is 10.0. The van der Waals surface area contributed by atoms with Crippen molar-refractivity contribution in [2.45, 2.75) is 45.3 Å². The monoisotopic (exact) mass is 352 g/mol. The molecule has 0 radical (unpaired) electrons. The zero-order valence-electron chi connectivity index (χ0n) is 14.6. The molecule has 2 saturated heterocycles. The number of rotatable bonds is 4. The quantitative estimate of drug-likeness (QED) is 0.891. The first-order chi connectivity index (χ1) is 11.6. The van der Waals surface area contributed by atoms with Gasteiger partial charge in [0.15, 0.2) is 5.82 Å². The van der Waals surface area contributed by atoms with Crippen molar-refractivity contribution in [1.29, 1.82) is 0 Å². The summed E-state index contributed by atoms with van der Waals surface area (Å²) in [6, 6.07) is 0.963. The molecule has 0 aliphatic carbocycles. The highest BCUT2D eigenvalue weighted by atomic mass is 32.2. The van der Waals surface area contributed by atoms with Crippen molar-refractivity contribution >= 4 is 17.8 Å². The third-order valence-corrected chi connectivity index (χ3v) is 5.86. The number of nitrogens with zero attached hydrogens (tertiary/aromatic N) is 5. The molecule has 2 amide bonds. The minimum atomic E-state index is 0.0148. The van der Waals surface area contributed by atoms with Crippen LogP contribution in [0.15, 0.2) is 6.33 Å². The number of thioether (sulfide) groups is 1. The molecule has 0 atom stereocenters. The summed E-state index contributed by atoms with van der Waals surface area (Å²) in [5.74, 6) is 3.30. The number of hydrogen-bond acceptors (Lipinski definition) is 5. The number of hydrogen-bond donors (Lipinski definition) is 1. The van der Waals surface area contributed by atoms with E-state index in [0.717, 1.165) is 31.8 Å². The molecular weight excluding hydrogens is 324 g/mol. The maximum Gasteiger partial charge on any atom is 0.317 e. The largest absolute Gasteiger partial charge is 0.331 e. The highest BCUT2D eigenvalue weighted by Gasteiger charge is 2.27. The Morgan fingerprint density at radius 2 is 2.00 bits per heavy atom. The molecule has 7 nitrogen and oxygen atoms in total. The van der Waals surface area contributed by atoms with Crippen molar-refractivity contribution in [2.75, 3.05) is 37.7 Å². The minimum absolute atomic E-state index is 0.0148. The van der Waals surface area contributed by atoms with Gasteiger partial charge in [0, 0.05) is 49.8 Å². The van der Waals surface area contributed by atoms with Crippen molar-refractivity contribution in [2.24, 2.45) is 0 Å². The molecule has 2 aliphatic heterocycles. The minimum Gasteiger partial charge on any atom is -0.331 e. The van der Waals surface area contributed by atoms with E-state index < -0.39 is 0 Å². The molecule has 2 fully saturated rings. The van der Waals surface area contributed by atoms with Crippen LogP contribution in [0.5, 0.6) is 0 Å². The maximum absolute atomic E-state index is 12.4. The Balaban J connectivity index is 1.44. The summed E-state index contributed by atoms with van der Waals surface area (Å²) in [6.07, 6.45) is 3.88. The van der Waals surface area contributed by atoms with E-state index in [2.05, 4.69) is 34.3 Å². The van der Waals surface area contributed by atoms with Crippen LogP contribution in [0.25, 0.3) is 0 Å². The molecule has 24 heavy (non-hydrogen) atoms. The van der Waals surface area contributed by atoms with Crippen LogP contribution < -0.4 is 5.32 Å². The van der Waals surface area contributed by atoms with E-state index in [1.807, 2.05) is 21.2 Å². The maximum atomic E-state index is 12.4. The zero-order chi connectivity index (χ0) is 16.9. The second-order valence-electron chi connectivity index (χ2n) is 6.77. The molecule has 134 valence electrons. The van der Waals surface area contributed by atoms with Crippen molar-refractivity contribution in [3.8, 4) is 0 Å². The van der Waals surface area contributed by atoms with Gasteiger partial charge in [-0.25, -0.2) is 4.79 Å². The normalized spacial score (nSPS) is 20.5. The van der Waals surface area contributed by atoms with Gasteiger partial charge in [0.25, 0.3) is 0 Å². The molecule has 0 unspecified atom stereocenters. The molecule has 2 aliphatic rings. The number of piperidine rings is 1. The molecule has 3 rings (SSSR count). The Bertz CT molecular complexity index is 534. The predicted octanol–water partition coefficient (Wildman–Crippen LogP) is 1.58. The number of likely N-dealkylation sites (tertiary alicyclic amines) is 1. The van der Waals surface area contributed by atoms with Gasteiger partial charge in [-0.1, -0.05) is 0 Å². The summed E-state index contributed by atoms with van der Waals surface area (Å²) >= 11 is 2.05. The van der Waals surface area contributed by atoms with Crippen LogP contribution in [-0.4, -0.2) is 74.3 Å². The lowest BCUT2D eigenvalue weighted by molar-refractivity contribution is 0.124. The lowest BCUT2D eigenvalue weighted by Gasteiger charge is -2.40. The summed E-state index contributed by atoms with van der Waals surface area (Å²) in [5, 5.41) is 11.0. The number of carbonyl (C=O) groups excluding carboxylic acids is 1. The van der Waals surface area contributed by atoms with Gasteiger partial charge in [-0.15, -0.1) is 10.2 Å². The van der Waals surface area contributed by atoms with E-state index in [4.69, 9.17) is 0 Å². The zero-order valence-corrected chi connectivity index (χ0v) is 15.5. The Labute approximate surface area is 148 Å². The number of amides is 2. The molecule has 8 heteroatoms. The summed E-state index contributed by atoms with van der Waals surface area (Å²) in [7, 11) is 0. The van der Waals surface area contributed by atoms with E-state index in [-0.39, 0.29) is 6.03 Å². The fourth-order valence-electron chi connectivity index (χ4n) is 3.47. The SMILES string of the molecule is CC(C)n1cnnc1CNC(=O)N1CCC(N2CCSCC2)CC1. The number of urea groups is 1. The molecule has 0 saturated carbocycles. The van der Waals surface area contributed by atoms with Crippen LogP contribution in [0.3, 0.4) is 0 Å². The highest BCUT2D eigenvalue weighted by molar-refractivity contribution is 7.99. The third kappa shape index (κ3) is 4.22. The van der Waals surface area contributed by atoms with Gasteiger partial charge in [0.1, 0.15) is 6.33 Å². The standard InChI is InChI=1S/C16H28N6OS/c1-13(2)22-12-18-19-15(22)11-17-16(23)21-5-3-14(4-6-21)20-7-9-24-10-8-20/h12-14H,3-11H2,1-2H3,(H,17,23). The molecule has 1 N–H and O–H groups in total. The van der Waals surface area contributed by atoms with Gasteiger partial charge in [0.05, 0.1) is 6.54 Å². The summed E-state index contributed by atoms with van der Waals surface area (Å²) in [5.41, 5.74) is 0. The van der Waals surface area contributed by atoms with Crippen molar-refractivity contribution in [1.82, 2.24) is 29.9 Å². The highest BCUT2D eigenvalue weighted by Crippen LogP contribution is 2.20. The Kier molecular flexibility index (Phi) is 5.99. The van der Waals surface area contributed by atoms with E-state index in [1.165, 1.54) is 24.6 Å². The fraction of sp³-hybridized carbons (Fsp3) is 0.812. The van der Waals surface area contributed by atoms with E-state index >= 15 is 0 Å². The van der Waals surface area contributed by atoms with Crippen molar-refractivity contribution in [3.05, 3.63) is 12.2 Å². The molecular formula is C16H28N6OS. The van der Waals surface area contributed by atoms with Crippen LogP contribution in [0.1, 0.15) is 38.6 Å². The molecule has 0 bridgehead atoms. The van der Waals surface area contributed by atoms with E-state index in [0.29, 0.717) is 18.6 Å². The molecule has 3 heterocycles.